The standard InChI is InChI=1S/C16H28N2O/c1-5-14-7-9-15(10-8-14)16(17)13(2)18(3)11-6-12-19-4/h7-10,13,16H,5-6,11-12,17H2,1-4H3. The SMILES string of the molecule is CCc1ccc(C(N)C(C)N(C)CCCOC)cc1. The van der Waals surface area contributed by atoms with Crippen molar-refractivity contribution in [3.8, 4) is 0 Å². The third-order valence-corrected chi connectivity index (χ3v) is 3.85. The van der Waals surface area contributed by atoms with Crippen LogP contribution in [0.5, 0.6) is 0 Å². The van der Waals surface area contributed by atoms with E-state index in [-0.39, 0.29) is 6.04 Å². The summed E-state index contributed by atoms with van der Waals surface area (Å²) in [5.41, 5.74) is 8.93. The molecule has 0 saturated carbocycles. The van der Waals surface area contributed by atoms with Gasteiger partial charge in [0.2, 0.25) is 0 Å². The number of nitrogens with zero attached hydrogens (tertiary/aromatic N) is 1. The highest BCUT2D eigenvalue weighted by atomic mass is 16.5. The van der Waals surface area contributed by atoms with Crippen molar-refractivity contribution < 1.29 is 4.74 Å². The summed E-state index contributed by atoms with van der Waals surface area (Å²) in [4.78, 5) is 2.30. The molecule has 1 aromatic carbocycles. The second kappa shape index (κ2) is 8.31. The van der Waals surface area contributed by atoms with Crippen LogP contribution in [0, 0.1) is 0 Å². The van der Waals surface area contributed by atoms with E-state index in [0.29, 0.717) is 6.04 Å². The van der Waals surface area contributed by atoms with E-state index in [4.69, 9.17) is 10.5 Å². The number of ether oxygens (including phenoxy) is 1. The molecule has 2 N–H and O–H groups in total. The number of hydrogen-bond acceptors (Lipinski definition) is 3. The Morgan fingerprint density at radius 1 is 1.26 bits per heavy atom. The van der Waals surface area contributed by atoms with Gasteiger partial charge in [0.15, 0.2) is 0 Å². The van der Waals surface area contributed by atoms with Crippen molar-refractivity contribution in [2.24, 2.45) is 5.73 Å². The third-order valence-electron chi connectivity index (χ3n) is 3.85. The van der Waals surface area contributed by atoms with Gasteiger partial charge in [-0.2, -0.15) is 0 Å². The van der Waals surface area contributed by atoms with Crippen LogP contribution in [0.2, 0.25) is 0 Å². The number of rotatable bonds is 8. The fourth-order valence-corrected chi connectivity index (χ4v) is 2.19. The van der Waals surface area contributed by atoms with E-state index in [9.17, 15) is 0 Å². The average Bonchev–Trinajstić information content (AvgIpc) is 2.46. The summed E-state index contributed by atoms with van der Waals surface area (Å²) in [6.07, 6.45) is 2.11. The first-order valence-electron chi connectivity index (χ1n) is 7.13. The minimum Gasteiger partial charge on any atom is -0.385 e. The van der Waals surface area contributed by atoms with Gasteiger partial charge in [0, 0.05) is 32.3 Å². The first kappa shape index (κ1) is 16.2. The van der Waals surface area contributed by atoms with Gasteiger partial charge in [-0.1, -0.05) is 31.2 Å². The van der Waals surface area contributed by atoms with Gasteiger partial charge >= 0.3 is 0 Å². The van der Waals surface area contributed by atoms with Crippen LogP contribution >= 0.6 is 0 Å². The fourth-order valence-electron chi connectivity index (χ4n) is 2.19. The molecule has 3 heteroatoms. The summed E-state index contributed by atoms with van der Waals surface area (Å²) >= 11 is 0. The Balaban J connectivity index is 2.56. The lowest BCUT2D eigenvalue weighted by Crippen LogP contribution is -2.39. The number of methoxy groups -OCH3 is 1. The highest BCUT2D eigenvalue weighted by Gasteiger charge is 2.18. The quantitative estimate of drug-likeness (QED) is 0.734. The van der Waals surface area contributed by atoms with Crippen molar-refractivity contribution in [3.63, 3.8) is 0 Å². The topological polar surface area (TPSA) is 38.5 Å². The molecule has 0 bridgehead atoms. The normalized spacial score (nSPS) is 14.6. The van der Waals surface area contributed by atoms with E-state index < -0.39 is 0 Å². The molecule has 19 heavy (non-hydrogen) atoms. The molecule has 3 nitrogen and oxygen atoms in total. The number of likely N-dealkylation sites (N-methyl/N-ethyl adjacent to an activating group) is 1. The van der Waals surface area contributed by atoms with E-state index in [2.05, 4.69) is 50.1 Å². The van der Waals surface area contributed by atoms with Crippen molar-refractivity contribution in [1.82, 2.24) is 4.90 Å². The Bertz CT molecular complexity index is 350. The molecule has 2 unspecified atom stereocenters. The zero-order chi connectivity index (χ0) is 14.3. The van der Waals surface area contributed by atoms with Crippen LogP contribution in [0.1, 0.15) is 37.4 Å². The third kappa shape index (κ3) is 4.94. The number of hydrogen-bond donors (Lipinski definition) is 1. The monoisotopic (exact) mass is 264 g/mol. The molecular formula is C16H28N2O. The summed E-state index contributed by atoms with van der Waals surface area (Å²) in [6, 6.07) is 9.04. The van der Waals surface area contributed by atoms with Gasteiger partial charge in [-0.05, 0) is 37.9 Å². The van der Waals surface area contributed by atoms with Crippen LogP contribution in [0.3, 0.4) is 0 Å². The number of aryl methyl sites for hydroxylation is 1. The van der Waals surface area contributed by atoms with Gasteiger partial charge in [0.05, 0.1) is 0 Å². The molecule has 0 radical (unpaired) electrons. The van der Waals surface area contributed by atoms with Crippen LogP contribution in [0.25, 0.3) is 0 Å². The van der Waals surface area contributed by atoms with Crippen LogP contribution < -0.4 is 5.73 Å². The van der Waals surface area contributed by atoms with Crippen LogP contribution in [-0.2, 0) is 11.2 Å². The predicted molar refractivity (Wildman–Crippen MR) is 81.3 cm³/mol. The van der Waals surface area contributed by atoms with E-state index in [0.717, 1.165) is 26.0 Å². The molecule has 0 aliphatic carbocycles. The molecule has 0 aliphatic heterocycles. The lowest BCUT2D eigenvalue weighted by molar-refractivity contribution is 0.161. The number of benzene rings is 1. The molecule has 0 aliphatic rings. The first-order valence-corrected chi connectivity index (χ1v) is 7.13. The highest BCUT2D eigenvalue weighted by Crippen LogP contribution is 2.18. The van der Waals surface area contributed by atoms with Gasteiger partial charge in [0.1, 0.15) is 0 Å². The fraction of sp³-hybridized carbons (Fsp3) is 0.625. The number of nitrogens with two attached hydrogens (primary N) is 1. The largest absolute Gasteiger partial charge is 0.385 e. The summed E-state index contributed by atoms with van der Waals surface area (Å²) in [7, 11) is 3.87. The summed E-state index contributed by atoms with van der Waals surface area (Å²) < 4.78 is 5.08. The van der Waals surface area contributed by atoms with Crippen molar-refractivity contribution in [2.75, 3.05) is 27.3 Å². The van der Waals surface area contributed by atoms with Gasteiger partial charge in [-0.25, -0.2) is 0 Å². The Hall–Kier alpha value is -0.900. The minimum absolute atomic E-state index is 0.0541. The second-order valence-corrected chi connectivity index (χ2v) is 5.19. The Morgan fingerprint density at radius 2 is 1.89 bits per heavy atom. The van der Waals surface area contributed by atoms with Crippen molar-refractivity contribution in [3.05, 3.63) is 35.4 Å². The molecule has 0 amide bonds. The Morgan fingerprint density at radius 3 is 2.42 bits per heavy atom. The first-order chi connectivity index (χ1) is 9.10. The Kier molecular flexibility index (Phi) is 7.06. The van der Waals surface area contributed by atoms with Crippen LogP contribution in [0.4, 0.5) is 0 Å². The average molecular weight is 264 g/mol. The molecule has 2 atom stereocenters. The molecule has 0 saturated heterocycles. The predicted octanol–water partition coefficient (Wildman–Crippen LogP) is 2.61. The lowest BCUT2D eigenvalue weighted by Gasteiger charge is -2.30. The molecule has 1 rings (SSSR count). The highest BCUT2D eigenvalue weighted by molar-refractivity contribution is 5.25. The van der Waals surface area contributed by atoms with Crippen molar-refractivity contribution in [2.45, 2.75) is 38.8 Å². The maximum absolute atomic E-state index is 6.36. The minimum atomic E-state index is 0.0541. The maximum Gasteiger partial charge on any atom is 0.0474 e. The van der Waals surface area contributed by atoms with E-state index in [1.165, 1.54) is 11.1 Å². The summed E-state index contributed by atoms with van der Waals surface area (Å²) in [5.74, 6) is 0. The van der Waals surface area contributed by atoms with Gasteiger partial charge < -0.3 is 15.4 Å². The van der Waals surface area contributed by atoms with Gasteiger partial charge in [-0.3, -0.25) is 0 Å². The molecule has 108 valence electrons. The van der Waals surface area contributed by atoms with E-state index >= 15 is 0 Å². The molecule has 0 spiro atoms. The van der Waals surface area contributed by atoms with E-state index in [1.54, 1.807) is 7.11 Å². The molecule has 1 aromatic rings. The van der Waals surface area contributed by atoms with Crippen LogP contribution in [0.15, 0.2) is 24.3 Å². The molecule has 0 fully saturated rings. The maximum atomic E-state index is 6.36. The van der Waals surface area contributed by atoms with Crippen molar-refractivity contribution >= 4 is 0 Å². The summed E-state index contributed by atoms with van der Waals surface area (Å²) in [6.45, 7) is 6.17. The van der Waals surface area contributed by atoms with Crippen LogP contribution in [-0.4, -0.2) is 38.3 Å². The van der Waals surface area contributed by atoms with Gasteiger partial charge in [-0.15, -0.1) is 0 Å². The molecular weight excluding hydrogens is 236 g/mol. The van der Waals surface area contributed by atoms with Crippen molar-refractivity contribution in [1.29, 1.82) is 0 Å². The Labute approximate surface area is 117 Å². The van der Waals surface area contributed by atoms with Gasteiger partial charge in [0.25, 0.3) is 0 Å². The van der Waals surface area contributed by atoms with E-state index in [1.807, 2.05) is 0 Å². The lowest BCUT2D eigenvalue weighted by atomic mass is 9.98. The molecule has 0 heterocycles. The summed E-state index contributed by atoms with van der Waals surface area (Å²) in [5, 5.41) is 0. The zero-order valence-corrected chi connectivity index (χ0v) is 12.7. The zero-order valence-electron chi connectivity index (χ0n) is 12.7. The second-order valence-electron chi connectivity index (χ2n) is 5.19. The smallest absolute Gasteiger partial charge is 0.0474 e. The molecule has 0 aromatic heterocycles.